The van der Waals surface area contributed by atoms with Gasteiger partial charge in [-0.2, -0.15) is 11.8 Å². The summed E-state index contributed by atoms with van der Waals surface area (Å²) in [5.41, 5.74) is 1.35. The second-order valence-electron chi connectivity index (χ2n) is 5.12. The minimum atomic E-state index is 0.638. The highest BCUT2D eigenvalue weighted by Crippen LogP contribution is 2.17. The molecule has 2 heterocycles. The van der Waals surface area contributed by atoms with Crippen LogP contribution in [0.2, 0.25) is 0 Å². The molecule has 0 aliphatic carbocycles. The fourth-order valence-corrected chi connectivity index (χ4v) is 3.61. The lowest BCUT2D eigenvalue weighted by Gasteiger charge is -2.11. The van der Waals surface area contributed by atoms with Crippen molar-refractivity contribution in [1.82, 2.24) is 20.1 Å². The first-order chi connectivity index (χ1) is 9.92. The van der Waals surface area contributed by atoms with Crippen molar-refractivity contribution in [3.05, 3.63) is 48.0 Å². The first-order valence-electron chi connectivity index (χ1n) is 7.13. The number of hydrogen-bond donors (Lipinski definition) is 1. The predicted octanol–water partition coefficient (Wildman–Crippen LogP) is 2.12. The Morgan fingerprint density at radius 1 is 1.30 bits per heavy atom. The van der Waals surface area contributed by atoms with Gasteiger partial charge in [-0.3, -0.25) is 0 Å². The lowest BCUT2D eigenvalue weighted by Crippen LogP contribution is -2.29. The molecule has 1 aliphatic heterocycles. The van der Waals surface area contributed by atoms with Crippen LogP contribution in [0.25, 0.3) is 0 Å². The molecule has 0 radical (unpaired) electrons. The van der Waals surface area contributed by atoms with E-state index in [4.69, 9.17) is 0 Å². The predicted molar refractivity (Wildman–Crippen MR) is 82.7 cm³/mol. The Bertz CT molecular complexity index is 520. The molecule has 0 bridgehead atoms. The summed E-state index contributed by atoms with van der Waals surface area (Å²) in [7, 11) is 0. The summed E-state index contributed by atoms with van der Waals surface area (Å²) in [6.45, 7) is 1.76. The molecule has 106 valence electrons. The Morgan fingerprint density at radius 3 is 3.00 bits per heavy atom. The van der Waals surface area contributed by atoms with Crippen molar-refractivity contribution >= 4 is 11.8 Å². The second kappa shape index (κ2) is 6.90. The van der Waals surface area contributed by atoms with E-state index < -0.39 is 0 Å². The van der Waals surface area contributed by atoms with Crippen LogP contribution in [0.4, 0.5) is 0 Å². The fourth-order valence-electron chi connectivity index (χ4n) is 2.43. The minimum absolute atomic E-state index is 0.638. The van der Waals surface area contributed by atoms with Crippen molar-refractivity contribution in [2.75, 3.05) is 11.5 Å². The summed E-state index contributed by atoms with van der Waals surface area (Å²) >= 11 is 2.03. The molecule has 2 aromatic rings. The molecule has 1 atom stereocenters. The Balaban J connectivity index is 1.53. The summed E-state index contributed by atoms with van der Waals surface area (Å²) < 4.78 is 2.15. The second-order valence-corrected chi connectivity index (χ2v) is 6.27. The molecule has 1 saturated heterocycles. The smallest absolute Gasteiger partial charge is 0.146 e. The van der Waals surface area contributed by atoms with Crippen LogP contribution in [0.3, 0.4) is 0 Å². The fraction of sp³-hybridized carbons (Fsp3) is 0.467. The van der Waals surface area contributed by atoms with Crippen LogP contribution < -0.4 is 5.32 Å². The standard InChI is InChI=1S/C15H20N4S/c1-2-4-13(5-3-1)6-8-19-12-17-18-15(19)10-16-14-7-9-20-11-14/h1-5,12,14,16H,6-11H2/t14-/m0/s1. The van der Waals surface area contributed by atoms with Crippen molar-refractivity contribution in [3.8, 4) is 0 Å². The van der Waals surface area contributed by atoms with E-state index in [-0.39, 0.29) is 0 Å². The molecule has 0 amide bonds. The minimum Gasteiger partial charge on any atom is -0.316 e. The molecule has 20 heavy (non-hydrogen) atoms. The zero-order valence-electron chi connectivity index (χ0n) is 11.5. The monoisotopic (exact) mass is 288 g/mol. The first-order valence-corrected chi connectivity index (χ1v) is 8.29. The van der Waals surface area contributed by atoms with Gasteiger partial charge < -0.3 is 9.88 Å². The molecule has 1 aromatic carbocycles. The lowest BCUT2D eigenvalue weighted by atomic mass is 10.1. The third kappa shape index (κ3) is 3.61. The van der Waals surface area contributed by atoms with E-state index in [2.05, 4.69) is 50.4 Å². The van der Waals surface area contributed by atoms with Crippen LogP contribution in [0.15, 0.2) is 36.7 Å². The van der Waals surface area contributed by atoms with Crippen LogP contribution in [-0.2, 0) is 19.5 Å². The zero-order valence-corrected chi connectivity index (χ0v) is 12.4. The summed E-state index contributed by atoms with van der Waals surface area (Å²) in [4.78, 5) is 0. The van der Waals surface area contributed by atoms with E-state index in [9.17, 15) is 0 Å². The van der Waals surface area contributed by atoms with Crippen LogP contribution in [-0.4, -0.2) is 32.3 Å². The van der Waals surface area contributed by atoms with Gasteiger partial charge in [0.25, 0.3) is 0 Å². The van der Waals surface area contributed by atoms with Crippen LogP contribution in [0, 0.1) is 0 Å². The van der Waals surface area contributed by atoms with Gasteiger partial charge >= 0.3 is 0 Å². The third-order valence-corrected chi connectivity index (χ3v) is 4.82. The average molecular weight is 288 g/mol. The molecule has 0 spiro atoms. The molecular weight excluding hydrogens is 268 g/mol. The molecule has 1 aliphatic rings. The molecule has 0 saturated carbocycles. The largest absolute Gasteiger partial charge is 0.316 e. The number of nitrogens with zero attached hydrogens (tertiary/aromatic N) is 3. The number of aromatic nitrogens is 3. The Morgan fingerprint density at radius 2 is 2.20 bits per heavy atom. The number of benzene rings is 1. The van der Waals surface area contributed by atoms with Crippen molar-refractivity contribution in [3.63, 3.8) is 0 Å². The van der Waals surface area contributed by atoms with Gasteiger partial charge in [0.15, 0.2) is 0 Å². The van der Waals surface area contributed by atoms with Crippen LogP contribution in [0.1, 0.15) is 17.8 Å². The molecule has 1 N–H and O–H groups in total. The molecule has 1 fully saturated rings. The van der Waals surface area contributed by atoms with E-state index in [1.807, 2.05) is 18.1 Å². The highest BCUT2D eigenvalue weighted by molar-refractivity contribution is 7.99. The number of nitrogens with one attached hydrogen (secondary N) is 1. The molecule has 3 rings (SSSR count). The molecular formula is C15H20N4S. The summed E-state index contributed by atoms with van der Waals surface area (Å²) in [6.07, 6.45) is 4.12. The summed E-state index contributed by atoms with van der Waals surface area (Å²) in [5.74, 6) is 3.54. The van der Waals surface area contributed by atoms with Gasteiger partial charge in [0, 0.05) is 18.3 Å². The van der Waals surface area contributed by atoms with Crippen LogP contribution in [0.5, 0.6) is 0 Å². The van der Waals surface area contributed by atoms with E-state index in [0.717, 1.165) is 25.3 Å². The Hall–Kier alpha value is -1.33. The van der Waals surface area contributed by atoms with Crippen molar-refractivity contribution < 1.29 is 0 Å². The number of hydrogen-bond acceptors (Lipinski definition) is 4. The van der Waals surface area contributed by atoms with Crippen molar-refractivity contribution in [2.45, 2.75) is 32.0 Å². The van der Waals surface area contributed by atoms with E-state index in [0.29, 0.717) is 6.04 Å². The maximum Gasteiger partial charge on any atom is 0.146 e. The highest BCUT2D eigenvalue weighted by atomic mass is 32.2. The highest BCUT2D eigenvalue weighted by Gasteiger charge is 2.15. The third-order valence-electron chi connectivity index (χ3n) is 3.66. The van der Waals surface area contributed by atoms with Gasteiger partial charge in [-0.1, -0.05) is 30.3 Å². The lowest BCUT2D eigenvalue weighted by molar-refractivity contribution is 0.523. The van der Waals surface area contributed by atoms with E-state index >= 15 is 0 Å². The number of aryl methyl sites for hydroxylation is 2. The molecule has 0 unspecified atom stereocenters. The van der Waals surface area contributed by atoms with Gasteiger partial charge in [-0.25, -0.2) is 0 Å². The maximum absolute atomic E-state index is 4.23. The SMILES string of the molecule is c1ccc(CCn2cnnc2CN[C@H]2CCSC2)cc1. The van der Waals surface area contributed by atoms with Gasteiger partial charge in [0.05, 0.1) is 6.54 Å². The summed E-state index contributed by atoms with van der Waals surface area (Å²) in [5, 5.41) is 11.9. The van der Waals surface area contributed by atoms with Crippen LogP contribution >= 0.6 is 11.8 Å². The van der Waals surface area contributed by atoms with Gasteiger partial charge in [-0.15, -0.1) is 10.2 Å². The van der Waals surface area contributed by atoms with E-state index in [1.54, 1.807) is 0 Å². The topological polar surface area (TPSA) is 42.7 Å². The van der Waals surface area contributed by atoms with Gasteiger partial charge in [0.2, 0.25) is 0 Å². The quantitative estimate of drug-likeness (QED) is 0.884. The number of rotatable bonds is 6. The normalized spacial score (nSPS) is 18.5. The number of thioether (sulfide) groups is 1. The van der Waals surface area contributed by atoms with Gasteiger partial charge in [-0.05, 0) is 24.2 Å². The van der Waals surface area contributed by atoms with E-state index in [1.165, 1.54) is 23.5 Å². The summed E-state index contributed by atoms with van der Waals surface area (Å²) in [6, 6.07) is 11.2. The van der Waals surface area contributed by atoms with Gasteiger partial charge in [0.1, 0.15) is 12.2 Å². The van der Waals surface area contributed by atoms with Crippen molar-refractivity contribution in [2.24, 2.45) is 0 Å². The Labute approximate surface area is 124 Å². The maximum atomic E-state index is 4.23. The molecule has 4 nitrogen and oxygen atoms in total. The molecule has 5 heteroatoms. The Kier molecular flexibility index (Phi) is 4.71. The molecule has 1 aromatic heterocycles. The average Bonchev–Trinajstić information content (AvgIpc) is 3.15. The first kappa shape index (κ1) is 13.6. The zero-order chi connectivity index (χ0) is 13.6. The van der Waals surface area contributed by atoms with Crippen molar-refractivity contribution in [1.29, 1.82) is 0 Å².